The molecular formula is C14H15BrClNO2S2. The predicted molar refractivity (Wildman–Crippen MR) is 92.9 cm³/mol. The first-order chi connectivity index (χ1) is 9.96. The van der Waals surface area contributed by atoms with Gasteiger partial charge in [-0.05, 0) is 40.5 Å². The van der Waals surface area contributed by atoms with Crippen molar-refractivity contribution in [1.82, 2.24) is 0 Å². The Labute approximate surface area is 142 Å². The number of unbranched alkanes of at least 4 members (excludes halogenated alkanes) is 1. The fraction of sp³-hybridized carbons (Fsp3) is 0.286. The number of para-hydroxylation sites is 1. The van der Waals surface area contributed by atoms with Crippen molar-refractivity contribution in [3.8, 4) is 0 Å². The molecule has 21 heavy (non-hydrogen) atoms. The lowest BCUT2D eigenvalue weighted by molar-refractivity contribution is 0.590. The van der Waals surface area contributed by atoms with E-state index in [1.807, 2.05) is 25.1 Å². The van der Waals surface area contributed by atoms with Crippen molar-refractivity contribution in [2.75, 3.05) is 10.8 Å². The van der Waals surface area contributed by atoms with Crippen molar-refractivity contribution in [3.63, 3.8) is 0 Å². The Morgan fingerprint density at radius 1 is 1.29 bits per heavy atom. The Morgan fingerprint density at radius 2 is 1.95 bits per heavy atom. The van der Waals surface area contributed by atoms with E-state index in [-0.39, 0.29) is 4.21 Å². The molecule has 0 aliphatic heterocycles. The monoisotopic (exact) mass is 407 g/mol. The fourth-order valence-electron chi connectivity index (χ4n) is 1.85. The summed E-state index contributed by atoms with van der Waals surface area (Å²) in [5.41, 5.74) is 0.673. The quantitative estimate of drug-likeness (QED) is 0.662. The van der Waals surface area contributed by atoms with Gasteiger partial charge in [0.1, 0.15) is 4.21 Å². The highest BCUT2D eigenvalue weighted by atomic mass is 79.9. The van der Waals surface area contributed by atoms with E-state index >= 15 is 0 Å². The Balaban J connectivity index is 2.44. The molecule has 0 fully saturated rings. The van der Waals surface area contributed by atoms with E-state index < -0.39 is 10.0 Å². The molecule has 7 heteroatoms. The van der Waals surface area contributed by atoms with Crippen LogP contribution in [-0.4, -0.2) is 15.0 Å². The van der Waals surface area contributed by atoms with Crippen molar-refractivity contribution in [2.45, 2.75) is 24.0 Å². The van der Waals surface area contributed by atoms with E-state index in [0.717, 1.165) is 24.2 Å². The molecule has 114 valence electrons. The molecule has 0 saturated heterocycles. The predicted octanol–water partition coefficient (Wildman–Crippen LogP) is 5.16. The molecule has 2 aromatic rings. The van der Waals surface area contributed by atoms with Crippen LogP contribution in [0.25, 0.3) is 0 Å². The Kier molecular flexibility index (Phi) is 5.71. The van der Waals surface area contributed by atoms with Crippen LogP contribution in [0.15, 0.2) is 44.4 Å². The Bertz CT molecular complexity index is 682. The number of sulfonamides is 1. The number of hydrogen-bond acceptors (Lipinski definition) is 3. The normalized spacial score (nSPS) is 11.6. The van der Waals surface area contributed by atoms with E-state index in [0.29, 0.717) is 21.0 Å². The summed E-state index contributed by atoms with van der Waals surface area (Å²) in [7, 11) is -3.59. The lowest BCUT2D eigenvalue weighted by Crippen LogP contribution is -2.31. The Hall–Kier alpha value is -0.560. The van der Waals surface area contributed by atoms with Gasteiger partial charge in [0.25, 0.3) is 10.0 Å². The van der Waals surface area contributed by atoms with Crippen LogP contribution in [0.2, 0.25) is 5.02 Å². The summed E-state index contributed by atoms with van der Waals surface area (Å²) in [5.74, 6) is 0. The average Bonchev–Trinajstić information content (AvgIpc) is 2.81. The maximum absolute atomic E-state index is 12.9. The van der Waals surface area contributed by atoms with E-state index in [2.05, 4.69) is 15.9 Å². The first kappa shape index (κ1) is 16.8. The molecule has 1 aromatic heterocycles. The highest BCUT2D eigenvalue weighted by Crippen LogP contribution is 2.37. The minimum atomic E-state index is -3.59. The number of halogens is 2. The minimum absolute atomic E-state index is 0.249. The summed E-state index contributed by atoms with van der Waals surface area (Å²) in [6.45, 7) is 2.49. The van der Waals surface area contributed by atoms with Crippen LogP contribution in [0.3, 0.4) is 0 Å². The second kappa shape index (κ2) is 7.13. The molecule has 1 heterocycles. The first-order valence-corrected chi connectivity index (χ1v) is 9.92. The van der Waals surface area contributed by atoms with Gasteiger partial charge >= 0.3 is 0 Å². The van der Waals surface area contributed by atoms with Crippen LogP contribution in [0.4, 0.5) is 5.69 Å². The molecule has 0 unspecified atom stereocenters. The summed E-state index contributed by atoms with van der Waals surface area (Å²) in [4.78, 5) is 0. The van der Waals surface area contributed by atoms with E-state index in [1.165, 1.54) is 10.4 Å². The molecule has 2 rings (SSSR count). The largest absolute Gasteiger partial charge is 0.273 e. The van der Waals surface area contributed by atoms with Crippen LogP contribution in [-0.2, 0) is 10.0 Å². The second-order valence-corrected chi connectivity index (χ2v) is 9.32. The van der Waals surface area contributed by atoms with Gasteiger partial charge in [-0.3, -0.25) is 4.31 Å². The van der Waals surface area contributed by atoms with Crippen molar-refractivity contribution >= 4 is 54.6 Å². The molecular weight excluding hydrogens is 394 g/mol. The van der Waals surface area contributed by atoms with E-state index in [4.69, 9.17) is 11.6 Å². The van der Waals surface area contributed by atoms with Crippen LogP contribution in [0.1, 0.15) is 19.8 Å². The second-order valence-electron chi connectivity index (χ2n) is 4.45. The molecule has 0 radical (unpaired) electrons. The highest BCUT2D eigenvalue weighted by Gasteiger charge is 2.27. The molecule has 0 aliphatic rings. The van der Waals surface area contributed by atoms with Crippen molar-refractivity contribution in [3.05, 3.63) is 45.2 Å². The molecule has 0 saturated carbocycles. The number of anilines is 1. The van der Waals surface area contributed by atoms with Gasteiger partial charge in [-0.1, -0.05) is 43.1 Å². The lowest BCUT2D eigenvalue weighted by atomic mass is 10.3. The number of hydrogen-bond donors (Lipinski definition) is 0. The third-order valence-electron chi connectivity index (χ3n) is 2.93. The molecule has 0 bridgehead atoms. The maximum Gasteiger partial charge on any atom is 0.273 e. The number of thiophene rings is 1. The van der Waals surface area contributed by atoms with Crippen LogP contribution >= 0.6 is 38.9 Å². The zero-order chi connectivity index (χ0) is 15.5. The molecule has 0 amide bonds. The van der Waals surface area contributed by atoms with E-state index in [1.54, 1.807) is 12.1 Å². The number of benzene rings is 1. The van der Waals surface area contributed by atoms with Crippen LogP contribution in [0.5, 0.6) is 0 Å². The van der Waals surface area contributed by atoms with Gasteiger partial charge < -0.3 is 0 Å². The van der Waals surface area contributed by atoms with Gasteiger partial charge in [-0.15, -0.1) is 11.3 Å². The van der Waals surface area contributed by atoms with Gasteiger partial charge in [0, 0.05) is 6.54 Å². The van der Waals surface area contributed by atoms with Gasteiger partial charge in [0.2, 0.25) is 0 Å². The zero-order valence-electron chi connectivity index (χ0n) is 11.4. The maximum atomic E-state index is 12.9. The lowest BCUT2D eigenvalue weighted by Gasteiger charge is -2.23. The van der Waals surface area contributed by atoms with Gasteiger partial charge in [0.05, 0.1) is 14.5 Å². The standard InChI is InChI=1S/C14H15BrClNO2S2/c1-2-3-9-17(11-7-5-4-6-8-11)21(18,19)13-10-12(16)14(15)20-13/h4-8,10H,2-3,9H2,1H3. The summed E-state index contributed by atoms with van der Waals surface area (Å²) in [5, 5.41) is 0.419. The summed E-state index contributed by atoms with van der Waals surface area (Å²) < 4.78 is 28.1. The third-order valence-corrected chi connectivity index (χ3v) is 7.68. The average molecular weight is 409 g/mol. The first-order valence-electron chi connectivity index (χ1n) is 6.49. The van der Waals surface area contributed by atoms with Crippen molar-refractivity contribution in [2.24, 2.45) is 0 Å². The number of nitrogens with zero attached hydrogens (tertiary/aromatic N) is 1. The van der Waals surface area contributed by atoms with Crippen LogP contribution < -0.4 is 4.31 Å². The van der Waals surface area contributed by atoms with Crippen LogP contribution in [0, 0.1) is 0 Å². The van der Waals surface area contributed by atoms with Gasteiger partial charge in [-0.2, -0.15) is 0 Å². The molecule has 0 N–H and O–H groups in total. The van der Waals surface area contributed by atoms with E-state index in [9.17, 15) is 8.42 Å². The van der Waals surface area contributed by atoms with Gasteiger partial charge in [0.15, 0.2) is 0 Å². The molecule has 0 aliphatic carbocycles. The SMILES string of the molecule is CCCCN(c1ccccc1)S(=O)(=O)c1cc(Cl)c(Br)s1. The summed E-state index contributed by atoms with van der Waals surface area (Å²) in [6, 6.07) is 10.6. The van der Waals surface area contributed by atoms with Crippen molar-refractivity contribution in [1.29, 1.82) is 0 Å². The molecule has 0 spiro atoms. The minimum Gasteiger partial charge on any atom is -0.266 e. The van der Waals surface area contributed by atoms with Gasteiger partial charge in [-0.25, -0.2) is 8.42 Å². The summed E-state index contributed by atoms with van der Waals surface area (Å²) in [6.07, 6.45) is 1.72. The Morgan fingerprint density at radius 3 is 2.48 bits per heavy atom. The highest BCUT2D eigenvalue weighted by molar-refractivity contribution is 9.11. The zero-order valence-corrected chi connectivity index (χ0v) is 15.4. The van der Waals surface area contributed by atoms with Crippen molar-refractivity contribution < 1.29 is 8.42 Å². The summed E-state index contributed by atoms with van der Waals surface area (Å²) >= 11 is 10.4. The molecule has 3 nitrogen and oxygen atoms in total. The fourth-order valence-corrected chi connectivity index (χ4v) is 5.86. The third kappa shape index (κ3) is 3.80. The molecule has 1 aromatic carbocycles. The number of rotatable bonds is 6. The topological polar surface area (TPSA) is 37.4 Å². The molecule has 0 atom stereocenters. The smallest absolute Gasteiger partial charge is 0.266 e.